The van der Waals surface area contributed by atoms with E-state index in [1.54, 1.807) is 0 Å². The Morgan fingerprint density at radius 1 is 1.38 bits per heavy atom. The van der Waals surface area contributed by atoms with Crippen molar-refractivity contribution in [2.45, 2.75) is 83.0 Å². The largest absolute Gasteiger partial charge is 0.462 e. The summed E-state index contributed by atoms with van der Waals surface area (Å²) in [4.78, 5) is 12.0. The van der Waals surface area contributed by atoms with Gasteiger partial charge < -0.3 is 14.9 Å². The van der Waals surface area contributed by atoms with E-state index in [-0.39, 0.29) is 23.9 Å². The Kier molecular flexibility index (Phi) is 8.00. The van der Waals surface area contributed by atoms with Crippen molar-refractivity contribution in [1.29, 1.82) is 0 Å². The van der Waals surface area contributed by atoms with E-state index in [1.807, 2.05) is 12.2 Å². The number of ether oxygens (including phenoxy) is 1. The average Bonchev–Trinajstić information content (AvgIpc) is 2.81. The molecular weight excluding hydrogens is 304 g/mol. The van der Waals surface area contributed by atoms with Crippen LogP contribution in [0, 0.1) is 11.8 Å². The highest BCUT2D eigenvalue weighted by atomic mass is 16.5. The molecule has 2 N–H and O–H groups in total. The molecular formula is C20H32O4. The molecule has 0 aromatic rings. The molecule has 0 spiro atoms. The summed E-state index contributed by atoms with van der Waals surface area (Å²) in [5, 5.41) is 20.5. The minimum absolute atomic E-state index is 0.0208. The number of hydrogen-bond donors (Lipinski definition) is 2. The second-order valence-electron chi connectivity index (χ2n) is 7.12. The number of esters is 1. The number of aliphatic hydroxyl groups is 2. The fourth-order valence-electron chi connectivity index (χ4n) is 3.73. The highest BCUT2D eigenvalue weighted by molar-refractivity contribution is 5.69. The molecule has 0 unspecified atom stereocenters. The Hall–Kier alpha value is -1.13. The van der Waals surface area contributed by atoms with E-state index in [1.165, 1.54) is 0 Å². The van der Waals surface area contributed by atoms with Crippen molar-refractivity contribution in [3.8, 4) is 0 Å². The molecule has 136 valence electrons. The molecule has 1 aliphatic heterocycles. The number of carbonyl (C=O) groups is 1. The number of aliphatic hydroxyl groups excluding tert-OH is 2. The van der Waals surface area contributed by atoms with E-state index < -0.39 is 12.2 Å². The number of rotatable bonds is 6. The number of fused-ring (bicyclic) bond motifs is 2. The monoisotopic (exact) mass is 336 g/mol. The van der Waals surface area contributed by atoms with Gasteiger partial charge in [0.15, 0.2) is 0 Å². The molecule has 0 radical (unpaired) electrons. The van der Waals surface area contributed by atoms with E-state index >= 15 is 0 Å². The highest BCUT2D eigenvalue weighted by Crippen LogP contribution is 2.38. The lowest BCUT2D eigenvalue weighted by atomic mass is 9.89. The molecule has 24 heavy (non-hydrogen) atoms. The van der Waals surface area contributed by atoms with Crippen LogP contribution in [0.5, 0.6) is 0 Å². The third-order valence-corrected chi connectivity index (χ3v) is 5.16. The van der Waals surface area contributed by atoms with Gasteiger partial charge in [-0.15, -0.1) is 0 Å². The second kappa shape index (κ2) is 10.00. The normalized spacial score (nSPS) is 32.5. The van der Waals surface area contributed by atoms with Crippen LogP contribution in [0.3, 0.4) is 0 Å². The molecule has 0 saturated heterocycles. The van der Waals surface area contributed by atoms with Gasteiger partial charge in [-0.2, -0.15) is 0 Å². The summed E-state index contributed by atoms with van der Waals surface area (Å²) in [6, 6.07) is 0. The van der Waals surface area contributed by atoms with Gasteiger partial charge in [0.1, 0.15) is 6.10 Å². The fourth-order valence-corrected chi connectivity index (χ4v) is 3.73. The van der Waals surface area contributed by atoms with Crippen LogP contribution in [-0.4, -0.2) is 34.5 Å². The van der Waals surface area contributed by atoms with Crippen LogP contribution in [0.2, 0.25) is 0 Å². The van der Waals surface area contributed by atoms with Gasteiger partial charge in [-0.1, -0.05) is 50.5 Å². The summed E-state index contributed by atoms with van der Waals surface area (Å²) >= 11 is 0. The van der Waals surface area contributed by atoms with Gasteiger partial charge >= 0.3 is 5.97 Å². The molecule has 0 aromatic heterocycles. The summed E-state index contributed by atoms with van der Waals surface area (Å²) in [6.07, 6.45) is 14.2. The maximum absolute atomic E-state index is 12.0. The molecule has 2 aliphatic rings. The summed E-state index contributed by atoms with van der Waals surface area (Å²) in [5.74, 6) is -0.145. The summed E-state index contributed by atoms with van der Waals surface area (Å²) < 4.78 is 5.63. The molecule has 1 saturated carbocycles. The molecule has 1 aliphatic carbocycles. The van der Waals surface area contributed by atoms with Gasteiger partial charge in [0, 0.05) is 18.8 Å². The first kappa shape index (κ1) is 19.2. The maximum Gasteiger partial charge on any atom is 0.306 e. The third-order valence-electron chi connectivity index (χ3n) is 5.16. The first-order chi connectivity index (χ1) is 11.6. The number of allylic oxidation sites excluding steroid dienone is 2. The lowest BCUT2D eigenvalue weighted by Gasteiger charge is -2.22. The van der Waals surface area contributed by atoms with Crippen molar-refractivity contribution in [3.63, 3.8) is 0 Å². The van der Waals surface area contributed by atoms with E-state index in [4.69, 9.17) is 4.74 Å². The van der Waals surface area contributed by atoms with E-state index in [2.05, 4.69) is 19.1 Å². The van der Waals surface area contributed by atoms with Crippen LogP contribution in [0.1, 0.15) is 64.7 Å². The Balaban J connectivity index is 2.04. The number of hydrogen-bond acceptors (Lipinski definition) is 4. The SMILES string of the molecule is CCCCC[C@H](O)C=C[C@@H]1[C@H]2CC=CCCCC(=O)O[C@@H]1C[C@@H]2O. The molecule has 1 heterocycles. The predicted octanol–water partition coefficient (Wildman–Crippen LogP) is 3.52. The molecule has 4 heteroatoms. The van der Waals surface area contributed by atoms with Gasteiger partial charge in [0.2, 0.25) is 0 Å². The first-order valence-electron chi connectivity index (χ1n) is 9.50. The van der Waals surface area contributed by atoms with Crippen molar-refractivity contribution in [2.24, 2.45) is 11.8 Å². The Labute approximate surface area is 145 Å². The van der Waals surface area contributed by atoms with Gasteiger partial charge in [-0.05, 0) is 31.6 Å². The Bertz CT molecular complexity index is 443. The van der Waals surface area contributed by atoms with Gasteiger partial charge in [0.25, 0.3) is 0 Å². The van der Waals surface area contributed by atoms with Crippen LogP contribution >= 0.6 is 0 Å². The number of carbonyl (C=O) groups excluding carboxylic acids is 1. The third kappa shape index (κ3) is 5.75. The average molecular weight is 336 g/mol. The molecule has 1 fully saturated rings. The summed E-state index contributed by atoms with van der Waals surface area (Å²) in [6.45, 7) is 2.14. The van der Waals surface area contributed by atoms with Crippen LogP contribution in [0.25, 0.3) is 0 Å². The minimum atomic E-state index is -0.461. The van der Waals surface area contributed by atoms with Crippen LogP contribution < -0.4 is 0 Å². The standard InChI is InChI=1S/C20H32O4/c1-2-3-6-9-15(21)12-13-17-16-10-7-4-5-8-11-20(23)24-19(17)14-18(16)22/h4,7,12-13,15-19,21-22H,2-3,5-6,8-11,14H2,1H3/t15-,16+,17+,18-,19+/m0/s1. The topological polar surface area (TPSA) is 66.8 Å². The molecule has 0 aromatic carbocycles. The van der Waals surface area contributed by atoms with Crippen molar-refractivity contribution < 1.29 is 19.7 Å². The zero-order chi connectivity index (χ0) is 17.4. The van der Waals surface area contributed by atoms with Crippen molar-refractivity contribution >= 4 is 5.97 Å². The van der Waals surface area contributed by atoms with Gasteiger partial charge in [-0.3, -0.25) is 4.79 Å². The molecule has 5 atom stereocenters. The predicted molar refractivity (Wildman–Crippen MR) is 94.4 cm³/mol. The van der Waals surface area contributed by atoms with Gasteiger partial charge in [0.05, 0.1) is 12.2 Å². The fraction of sp³-hybridized carbons (Fsp3) is 0.750. The van der Waals surface area contributed by atoms with Gasteiger partial charge in [-0.25, -0.2) is 0 Å². The first-order valence-corrected chi connectivity index (χ1v) is 9.50. The van der Waals surface area contributed by atoms with Crippen molar-refractivity contribution in [1.82, 2.24) is 0 Å². The van der Waals surface area contributed by atoms with E-state index in [0.29, 0.717) is 12.8 Å². The highest BCUT2D eigenvalue weighted by Gasteiger charge is 2.42. The molecule has 2 bridgehead atoms. The summed E-state index contributed by atoms with van der Waals surface area (Å²) in [5.41, 5.74) is 0. The molecule has 0 amide bonds. The van der Waals surface area contributed by atoms with Crippen molar-refractivity contribution in [2.75, 3.05) is 0 Å². The maximum atomic E-state index is 12.0. The molecule has 2 rings (SSSR count). The van der Waals surface area contributed by atoms with Crippen LogP contribution in [0.15, 0.2) is 24.3 Å². The Morgan fingerprint density at radius 2 is 2.21 bits per heavy atom. The Morgan fingerprint density at radius 3 is 3.00 bits per heavy atom. The zero-order valence-corrected chi connectivity index (χ0v) is 14.8. The quantitative estimate of drug-likeness (QED) is 0.442. The van der Waals surface area contributed by atoms with E-state index in [0.717, 1.165) is 44.9 Å². The van der Waals surface area contributed by atoms with Crippen molar-refractivity contribution in [3.05, 3.63) is 24.3 Å². The lowest BCUT2D eigenvalue weighted by molar-refractivity contribution is -0.150. The van der Waals surface area contributed by atoms with Crippen LogP contribution in [-0.2, 0) is 9.53 Å². The van der Waals surface area contributed by atoms with Crippen LogP contribution in [0.4, 0.5) is 0 Å². The number of unbranched alkanes of at least 4 members (excludes halogenated alkanes) is 2. The van der Waals surface area contributed by atoms with E-state index in [9.17, 15) is 15.0 Å². The minimum Gasteiger partial charge on any atom is -0.462 e. The summed E-state index contributed by atoms with van der Waals surface area (Å²) in [7, 11) is 0. The smallest absolute Gasteiger partial charge is 0.306 e. The second-order valence-corrected chi connectivity index (χ2v) is 7.12. The lowest BCUT2D eigenvalue weighted by Crippen LogP contribution is -2.24. The zero-order valence-electron chi connectivity index (χ0n) is 14.8. The molecule has 4 nitrogen and oxygen atoms in total.